The van der Waals surface area contributed by atoms with Gasteiger partial charge in [0.15, 0.2) is 0 Å². The first-order valence-corrected chi connectivity index (χ1v) is 13.5. The molecule has 0 radical (unpaired) electrons. The SMILES string of the molecule is NC(=O)CCc1ccc(OCCCN(Cc2ccccc2Cl)CC(c2ccccc2)c2ccccc2)cc1. The molecule has 0 saturated heterocycles. The van der Waals surface area contributed by atoms with E-state index in [0.29, 0.717) is 19.4 Å². The predicted molar refractivity (Wildman–Crippen MR) is 156 cm³/mol. The van der Waals surface area contributed by atoms with Gasteiger partial charge in [0.2, 0.25) is 5.91 Å². The van der Waals surface area contributed by atoms with Crippen LogP contribution in [-0.4, -0.2) is 30.5 Å². The van der Waals surface area contributed by atoms with E-state index in [9.17, 15) is 4.79 Å². The average molecular weight is 527 g/mol. The van der Waals surface area contributed by atoms with Crippen molar-refractivity contribution in [3.05, 3.63) is 136 Å². The number of benzene rings is 4. The fraction of sp³-hybridized carbons (Fsp3) is 0.242. The Hall–Kier alpha value is -3.60. The molecule has 4 aromatic carbocycles. The average Bonchev–Trinajstić information content (AvgIpc) is 2.95. The first-order valence-electron chi connectivity index (χ1n) is 13.1. The number of carbonyl (C=O) groups is 1. The van der Waals surface area contributed by atoms with E-state index in [-0.39, 0.29) is 11.8 Å². The van der Waals surface area contributed by atoms with Crippen molar-refractivity contribution in [2.45, 2.75) is 31.7 Å². The van der Waals surface area contributed by atoms with Gasteiger partial charge in [-0.1, -0.05) is 103 Å². The topological polar surface area (TPSA) is 55.6 Å². The monoisotopic (exact) mass is 526 g/mol. The van der Waals surface area contributed by atoms with Crippen molar-refractivity contribution in [1.82, 2.24) is 4.90 Å². The summed E-state index contributed by atoms with van der Waals surface area (Å²) >= 11 is 6.56. The van der Waals surface area contributed by atoms with Gasteiger partial charge < -0.3 is 10.5 Å². The summed E-state index contributed by atoms with van der Waals surface area (Å²) in [6, 6.07) is 37.4. The van der Waals surface area contributed by atoms with E-state index in [4.69, 9.17) is 22.1 Å². The second kappa shape index (κ2) is 14.4. The molecule has 4 rings (SSSR count). The number of amides is 1. The van der Waals surface area contributed by atoms with Crippen molar-refractivity contribution in [3.63, 3.8) is 0 Å². The minimum Gasteiger partial charge on any atom is -0.494 e. The highest BCUT2D eigenvalue weighted by atomic mass is 35.5. The number of halogens is 1. The lowest BCUT2D eigenvalue weighted by Gasteiger charge is -2.29. The highest BCUT2D eigenvalue weighted by Crippen LogP contribution is 2.27. The van der Waals surface area contributed by atoms with Gasteiger partial charge in [-0.05, 0) is 53.3 Å². The fourth-order valence-corrected chi connectivity index (χ4v) is 4.83. The van der Waals surface area contributed by atoms with Crippen LogP contribution in [0, 0.1) is 0 Å². The van der Waals surface area contributed by atoms with Crippen LogP contribution < -0.4 is 10.5 Å². The summed E-state index contributed by atoms with van der Waals surface area (Å²) in [5.41, 5.74) is 10.1. The number of primary amides is 1. The zero-order valence-corrected chi connectivity index (χ0v) is 22.4. The van der Waals surface area contributed by atoms with Crippen LogP contribution in [0.5, 0.6) is 5.75 Å². The van der Waals surface area contributed by atoms with Crippen LogP contribution in [-0.2, 0) is 17.8 Å². The van der Waals surface area contributed by atoms with Gasteiger partial charge in [-0.3, -0.25) is 9.69 Å². The number of nitrogens with zero attached hydrogens (tertiary/aromatic N) is 1. The lowest BCUT2D eigenvalue weighted by atomic mass is 9.90. The summed E-state index contributed by atoms with van der Waals surface area (Å²) in [6.07, 6.45) is 1.88. The highest BCUT2D eigenvalue weighted by molar-refractivity contribution is 6.31. The van der Waals surface area contributed by atoms with E-state index in [1.54, 1.807) is 0 Å². The van der Waals surface area contributed by atoms with Crippen LogP contribution in [0.1, 0.15) is 41.0 Å². The van der Waals surface area contributed by atoms with Crippen molar-refractivity contribution in [1.29, 1.82) is 0 Å². The molecule has 38 heavy (non-hydrogen) atoms. The van der Waals surface area contributed by atoms with Gasteiger partial charge in [0.1, 0.15) is 5.75 Å². The first kappa shape index (κ1) is 27.4. The molecule has 0 heterocycles. The van der Waals surface area contributed by atoms with E-state index in [1.165, 1.54) is 11.1 Å². The van der Waals surface area contributed by atoms with Crippen LogP contribution in [0.4, 0.5) is 0 Å². The molecule has 4 nitrogen and oxygen atoms in total. The molecule has 0 fully saturated rings. The van der Waals surface area contributed by atoms with Crippen molar-refractivity contribution in [2.75, 3.05) is 19.7 Å². The first-order chi connectivity index (χ1) is 18.6. The lowest BCUT2D eigenvalue weighted by Crippen LogP contribution is -2.31. The molecule has 0 aliphatic carbocycles. The molecule has 0 bridgehead atoms. The van der Waals surface area contributed by atoms with Crippen LogP contribution in [0.3, 0.4) is 0 Å². The molecule has 0 aliphatic rings. The van der Waals surface area contributed by atoms with Crippen molar-refractivity contribution < 1.29 is 9.53 Å². The third kappa shape index (κ3) is 8.47. The molecule has 4 aromatic rings. The summed E-state index contributed by atoms with van der Waals surface area (Å²) in [6.45, 7) is 3.12. The Bertz CT molecular complexity index is 1220. The quantitative estimate of drug-likeness (QED) is 0.183. The third-order valence-electron chi connectivity index (χ3n) is 6.67. The Morgan fingerprint density at radius 2 is 1.42 bits per heavy atom. The number of nitrogens with two attached hydrogens (primary N) is 1. The Morgan fingerprint density at radius 1 is 0.816 bits per heavy atom. The smallest absolute Gasteiger partial charge is 0.217 e. The summed E-state index contributed by atoms with van der Waals surface area (Å²) < 4.78 is 6.04. The Balaban J connectivity index is 1.42. The molecule has 196 valence electrons. The minimum atomic E-state index is -0.284. The fourth-order valence-electron chi connectivity index (χ4n) is 4.63. The van der Waals surface area contributed by atoms with Gasteiger partial charge in [0.25, 0.3) is 0 Å². The molecule has 0 aromatic heterocycles. The third-order valence-corrected chi connectivity index (χ3v) is 7.04. The van der Waals surface area contributed by atoms with Gasteiger partial charge in [-0.15, -0.1) is 0 Å². The van der Waals surface area contributed by atoms with Gasteiger partial charge in [-0.2, -0.15) is 0 Å². The highest BCUT2D eigenvalue weighted by Gasteiger charge is 2.19. The molecule has 0 spiro atoms. The van der Waals surface area contributed by atoms with Gasteiger partial charge in [0.05, 0.1) is 6.61 Å². The second-order valence-corrected chi connectivity index (χ2v) is 9.92. The molecule has 2 N–H and O–H groups in total. The molecular weight excluding hydrogens is 492 g/mol. The van der Waals surface area contributed by atoms with Gasteiger partial charge in [0, 0.05) is 37.0 Å². The van der Waals surface area contributed by atoms with Crippen LogP contribution >= 0.6 is 11.6 Å². The van der Waals surface area contributed by atoms with Crippen LogP contribution in [0.2, 0.25) is 5.02 Å². The number of hydrogen-bond acceptors (Lipinski definition) is 3. The standard InChI is InChI=1S/C33H35ClN2O2/c34-32-15-8-7-14-29(32)24-36(22-9-23-38-30-19-16-26(17-20-30)18-21-33(35)37)25-31(27-10-3-1-4-11-27)28-12-5-2-6-13-28/h1-8,10-17,19-20,31H,9,18,21-25H2,(H2,35,37). The largest absolute Gasteiger partial charge is 0.494 e. The van der Waals surface area contributed by atoms with Crippen molar-refractivity contribution in [3.8, 4) is 5.75 Å². The predicted octanol–water partition coefficient (Wildman–Crippen LogP) is 6.86. The van der Waals surface area contributed by atoms with E-state index in [2.05, 4.69) is 71.6 Å². The minimum absolute atomic E-state index is 0.244. The van der Waals surface area contributed by atoms with E-state index < -0.39 is 0 Å². The Kier molecular flexibility index (Phi) is 10.4. The molecule has 0 atom stereocenters. The lowest BCUT2D eigenvalue weighted by molar-refractivity contribution is -0.117. The Morgan fingerprint density at radius 3 is 2.03 bits per heavy atom. The molecule has 5 heteroatoms. The van der Waals surface area contributed by atoms with E-state index in [0.717, 1.165) is 48.0 Å². The maximum Gasteiger partial charge on any atom is 0.217 e. The van der Waals surface area contributed by atoms with Crippen LogP contribution in [0.15, 0.2) is 109 Å². The molecule has 0 saturated carbocycles. The molecule has 0 aliphatic heterocycles. The van der Waals surface area contributed by atoms with Gasteiger partial charge in [-0.25, -0.2) is 0 Å². The Labute approximate surface area is 231 Å². The maximum absolute atomic E-state index is 11.0. The normalized spacial score (nSPS) is 11.1. The van der Waals surface area contributed by atoms with E-state index in [1.807, 2.05) is 42.5 Å². The van der Waals surface area contributed by atoms with E-state index >= 15 is 0 Å². The molecular formula is C33H35ClN2O2. The zero-order chi connectivity index (χ0) is 26.6. The number of hydrogen-bond donors (Lipinski definition) is 1. The summed E-state index contributed by atoms with van der Waals surface area (Å²) in [7, 11) is 0. The number of aryl methyl sites for hydroxylation is 1. The summed E-state index contributed by atoms with van der Waals surface area (Å²) in [5, 5.41) is 0.793. The second-order valence-electron chi connectivity index (χ2n) is 9.51. The summed E-state index contributed by atoms with van der Waals surface area (Å²) in [4.78, 5) is 13.5. The van der Waals surface area contributed by atoms with Crippen LogP contribution in [0.25, 0.3) is 0 Å². The zero-order valence-electron chi connectivity index (χ0n) is 21.6. The molecule has 1 amide bonds. The maximum atomic E-state index is 11.0. The number of rotatable bonds is 14. The van der Waals surface area contributed by atoms with Crippen molar-refractivity contribution in [2.24, 2.45) is 5.73 Å². The molecule has 0 unspecified atom stereocenters. The van der Waals surface area contributed by atoms with Gasteiger partial charge >= 0.3 is 0 Å². The number of ether oxygens (including phenoxy) is 1. The number of carbonyl (C=O) groups excluding carboxylic acids is 1. The summed E-state index contributed by atoms with van der Waals surface area (Å²) in [5.74, 6) is 0.791. The van der Waals surface area contributed by atoms with Crippen molar-refractivity contribution >= 4 is 17.5 Å².